The van der Waals surface area contributed by atoms with Crippen LogP contribution in [0.3, 0.4) is 0 Å². The van der Waals surface area contributed by atoms with Crippen LogP contribution in [0.15, 0.2) is 54.6 Å². The molecular formula is C24H28N4O2. The van der Waals surface area contributed by atoms with Crippen LogP contribution in [-0.4, -0.2) is 33.8 Å². The summed E-state index contributed by atoms with van der Waals surface area (Å²) in [5.41, 5.74) is 2.27. The zero-order valence-electron chi connectivity index (χ0n) is 17.4. The summed E-state index contributed by atoms with van der Waals surface area (Å²) < 4.78 is 7.49. The van der Waals surface area contributed by atoms with Gasteiger partial charge in [0.05, 0.1) is 13.5 Å². The van der Waals surface area contributed by atoms with Crippen LogP contribution in [0.1, 0.15) is 35.6 Å². The molecule has 156 valence electrons. The van der Waals surface area contributed by atoms with E-state index < -0.39 is 0 Å². The van der Waals surface area contributed by atoms with Crippen molar-refractivity contribution in [2.24, 2.45) is 0 Å². The van der Waals surface area contributed by atoms with E-state index in [1.54, 1.807) is 7.11 Å². The van der Waals surface area contributed by atoms with Crippen LogP contribution >= 0.6 is 0 Å². The topological polar surface area (TPSA) is 69.0 Å². The number of aryl methyl sites for hydroxylation is 3. The molecule has 6 nitrogen and oxygen atoms in total. The minimum atomic E-state index is 0.0511. The molecule has 1 atom stereocenters. The number of fused-ring (bicyclic) bond motifs is 1. The molecule has 30 heavy (non-hydrogen) atoms. The molecule has 2 heterocycles. The molecule has 2 aromatic carbocycles. The average Bonchev–Trinajstić information content (AvgIpc) is 3.05. The summed E-state index contributed by atoms with van der Waals surface area (Å²) in [5, 5.41) is 12.0. The Kier molecular flexibility index (Phi) is 6.42. The van der Waals surface area contributed by atoms with Crippen molar-refractivity contribution in [3.8, 4) is 5.75 Å². The van der Waals surface area contributed by atoms with E-state index in [4.69, 9.17) is 4.74 Å². The van der Waals surface area contributed by atoms with Crippen molar-refractivity contribution in [3.63, 3.8) is 0 Å². The van der Waals surface area contributed by atoms with E-state index in [9.17, 15) is 4.79 Å². The number of aromatic nitrogens is 3. The fourth-order valence-electron chi connectivity index (χ4n) is 4.02. The van der Waals surface area contributed by atoms with E-state index in [2.05, 4.69) is 44.3 Å². The van der Waals surface area contributed by atoms with Gasteiger partial charge in [-0.05, 0) is 42.5 Å². The molecule has 0 saturated heterocycles. The van der Waals surface area contributed by atoms with Crippen molar-refractivity contribution in [3.05, 3.63) is 77.4 Å². The fraction of sp³-hybridized carbons (Fsp3) is 0.375. The Balaban J connectivity index is 1.32. The minimum absolute atomic E-state index is 0.0511. The van der Waals surface area contributed by atoms with Crippen molar-refractivity contribution in [2.75, 3.05) is 7.11 Å². The van der Waals surface area contributed by atoms with E-state index in [0.29, 0.717) is 6.42 Å². The number of rotatable bonds is 7. The monoisotopic (exact) mass is 404 g/mol. The van der Waals surface area contributed by atoms with Gasteiger partial charge in [0, 0.05) is 25.4 Å². The third kappa shape index (κ3) is 5.06. The van der Waals surface area contributed by atoms with Gasteiger partial charge in [-0.25, -0.2) is 0 Å². The molecule has 6 heteroatoms. The zero-order valence-corrected chi connectivity index (χ0v) is 17.4. The third-order valence-electron chi connectivity index (χ3n) is 5.67. The number of carbonyl (C=O) groups is 1. The Morgan fingerprint density at radius 2 is 1.90 bits per heavy atom. The van der Waals surface area contributed by atoms with Crippen LogP contribution in [0.5, 0.6) is 5.75 Å². The summed E-state index contributed by atoms with van der Waals surface area (Å²) in [7, 11) is 1.64. The van der Waals surface area contributed by atoms with Crippen molar-refractivity contribution < 1.29 is 9.53 Å². The molecule has 0 fully saturated rings. The van der Waals surface area contributed by atoms with Gasteiger partial charge in [0.25, 0.3) is 0 Å². The first-order chi connectivity index (χ1) is 14.7. The molecule has 0 spiro atoms. The lowest BCUT2D eigenvalue weighted by Gasteiger charge is -2.16. The Labute approximate surface area is 177 Å². The highest BCUT2D eigenvalue weighted by molar-refractivity contribution is 5.79. The number of carbonyl (C=O) groups excluding carboxylic acids is 1. The van der Waals surface area contributed by atoms with Gasteiger partial charge in [0.2, 0.25) is 5.91 Å². The molecule has 1 aliphatic rings. The Morgan fingerprint density at radius 1 is 1.07 bits per heavy atom. The lowest BCUT2D eigenvalue weighted by molar-refractivity contribution is -0.121. The highest BCUT2D eigenvalue weighted by Gasteiger charge is 2.21. The molecular weight excluding hydrogens is 376 g/mol. The molecule has 4 rings (SSSR count). The molecule has 3 aromatic rings. The molecule has 0 saturated carbocycles. The normalized spacial score (nSPS) is 15.8. The number of benzene rings is 2. The molecule has 1 unspecified atom stereocenters. The van der Waals surface area contributed by atoms with Crippen LogP contribution in [0.4, 0.5) is 0 Å². The highest BCUT2D eigenvalue weighted by atomic mass is 16.5. The molecule has 1 aliphatic heterocycles. The van der Waals surface area contributed by atoms with Crippen molar-refractivity contribution >= 4 is 5.91 Å². The molecule has 0 aliphatic carbocycles. The second-order valence-corrected chi connectivity index (χ2v) is 7.79. The van der Waals surface area contributed by atoms with E-state index in [1.165, 1.54) is 5.56 Å². The minimum Gasteiger partial charge on any atom is -0.497 e. The fourth-order valence-corrected chi connectivity index (χ4v) is 4.02. The van der Waals surface area contributed by atoms with E-state index >= 15 is 0 Å². The van der Waals surface area contributed by atoms with Crippen molar-refractivity contribution in [2.45, 2.75) is 51.1 Å². The molecule has 1 N–H and O–H groups in total. The predicted molar refractivity (Wildman–Crippen MR) is 115 cm³/mol. The van der Waals surface area contributed by atoms with Gasteiger partial charge in [-0.2, -0.15) is 0 Å². The Hall–Kier alpha value is -3.15. The smallest absolute Gasteiger partial charge is 0.224 e. The summed E-state index contributed by atoms with van der Waals surface area (Å²) in [6, 6.07) is 18.3. The summed E-state index contributed by atoms with van der Waals surface area (Å²) in [6.45, 7) is 0.844. The largest absolute Gasteiger partial charge is 0.497 e. The lowest BCUT2D eigenvalue weighted by atomic mass is 10.1. The summed E-state index contributed by atoms with van der Waals surface area (Å²) >= 11 is 0. The van der Waals surface area contributed by atoms with Gasteiger partial charge in [0.15, 0.2) is 0 Å². The van der Waals surface area contributed by atoms with Crippen molar-refractivity contribution in [1.82, 2.24) is 20.1 Å². The second kappa shape index (κ2) is 9.57. The van der Waals surface area contributed by atoms with Crippen LogP contribution in [0.2, 0.25) is 0 Å². The quantitative estimate of drug-likeness (QED) is 0.657. The first-order valence-electron chi connectivity index (χ1n) is 10.6. The lowest BCUT2D eigenvalue weighted by Crippen LogP contribution is -2.36. The first kappa shape index (κ1) is 20.1. The maximum absolute atomic E-state index is 12.5. The summed E-state index contributed by atoms with van der Waals surface area (Å²) in [6.07, 6.45) is 4.82. The molecule has 0 bridgehead atoms. The highest BCUT2D eigenvalue weighted by Crippen LogP contribution is 2.18. The second-order valence-electron chi connectivity index (χ2n) is 7.79. The van der Waals surface area contributed by atoms with Gasteiger partial charge in [-0.3, -0.25) is 4.79 Å². The van der Waals surface area contributed by atoms with E-state index in [1.807, 2.05) is 30.3 Å². The van der Waals surface area contributed by atoms with E-state index in [-0.39, 0.29) is 11.9 Å². The first-order valence-corrected chi connectivity index (χ1v) is 10.6. The maximum atomic E-state index is 12.5. The third-order valence-corrected chi connectivity index (χ3v) is 5.67. The number of methoxy groups -OCH3 is 1. The van der Waals surface area contributed by atoms with Crippen LogP contribution in [0, 0.1) is 0 Å². The summed E-state index contributed by atoms with van der Waals surface area (Å²) in [5.74, 6) is 2.89. The van der Waals surface area contributed by atoms with Crippen LogP contribution in [-0.2, 0) is 37.0 Å². The van der Waals surface area contributed by atoms with Gasteiger partial charge < -0.3 is 14.6 Å². The van der Waals surface area contributed by atoms with Crippen molar-refractivity contribution in [1.29, 1.82) is 0 Å². The van der Waals surface area contributed by atoms with Gasteiger partial charge in [-0.1, -0.05) is 42.5 Å². The molecule has 0 radical (unpaired) electrons. The van der Waals surface area contributed by atoms with Crippen LogP contribution < -0.4 is 10.1 Å². The Morgan fingerprint density at radius 3 is 2.73 bits per heavy atom. The molecule has 1 amide bonds. The number of amides is 1. The zero-order chi connectivity index (χ0) is 20.8. The van der Waals surface area contributed by atoms with Gasteiger partial charge in [0.1, 0.15) is 17.4 Å². The molecule has 1 aromatic heterocycles. The standard InChI is InChI=1S/C24H28N4O2/c1-30-21-9-5-8-19(16-21)17-24(29)25-20-11-13-23-27-26-22(28(23)15-14-20)12-10-18-6-3-2-4-7-18/h2-9,16,20H,10-15,17H2,1H3,(H,25,29). The maximum Gasteiger partial charge on any atom is 0.224 e. The van der Waals surface area contributed by atoms with E-state index in [0.717, 1.165) is 61.6 Å². The van der Waals surface area contributed by atoms with Gasteiger partial charge in [-0.15, -0.1) is 10.2 Å². The number of nitrogens with zero attached hydrogens (tertiary/aromatic N) is 3. The number of hydrogen-bond acceptors (Lipinski definition) is 4. The predicted octanol–water partition coefficient (Wildman–Crippen LogP) is 3.14. The number of nitrogens with one attached hydrogen (secondary N) is 1. The Bertz CT molecular complexity index is 984. The number of hydrogen-bond donors (Lipinski definition) is 1. The average molecular weight is 405 g/mol. The van der Waals surface area contributed by atoms with Gasteiger partial charge >= 0.3 is 0 Å². The SMILES string of the molecule is COc1cccc(CC(=O)NC2CCc3nnc(CCc4ccccc4)n3CC2)c1. The number of ether oxygens (including phenoxy) is 1. The van der Waals surface area contributed by atoms with Crippen LogP contribution in [0.25, 0.3) is 0 Å². The summed E-state index contributed by atoms with van der Waals surface area (Å²) in [4.78, 5) is 12.5.